The number of hydrogen-bond acceptors (Lipinski definition) is 7. The normalized spacial score (nSPS) is 33.1. The van der Waals surface area contributed by atoms with Crippen LogP contribution in [0.3, 0.4) is 0 Å². The lowest BCUT2D eigenvalue weighted by Gasteiger charge is -2.29. The van der Waals surface area contributed by atoms with Crippen molar-refractivity contribution in [2.45, 2.75) is 11.8 Å². The average molecular weight is 312 g/mol. The summed E-state index contributed by atoms with van der Waals surface area (Å²) < 4.78 is 15.9. The van der Waals surface area contributed by atoms with Gasteiger partial charge in [0, 0.05) is 20.1 Å². The fourth-order valence-corrected chi connectivity index (χ4v) is 3.82. The van der Waals surface area contributed by atoms with Crippen LogP contribution in [0, 0.1) is 33.5 Å². The van der Waals surface area contributed by atoms with Gasteiger partial charge in [0.2, 0.25) is 0 Å². The van der Waals surface area contributed by atoms with E-state index in [1.165, 1.54) is 14.2 Å². The van der Waals surface area contributed by atoms with Gasteiger partial charge in [0.05, 0.1) is 19.2 Å². The molecule has 1 heterocycles. The Balaban J connectivity index is 2.18. The first kappa shape index (κ1) is 15.3. The molecule has 7 nitrogen and oxygen atoms in total. The van der Waals surface area contributed by atoms with Gasteiger partial charge in [-0.05, 0) is 17.7 Å². The summed E-state index contributed by atoms with van der Waals surface area (Å²) in [7, 11) is 4.34. The number of nitrogens with two attached hydrogens (primary N) is 1. The predicted octanol–water partition coefficient (Wildman–Crippen LogP) is 1.13. The molecule has 23 heavy (non-hydrogen) atoms. The van der Waals surface area contributed by atoms with Crippen LogP contribution in [0.25, 0.3) is 0 Å². The molecule has 1 aromatic carbocycles. The molecule has 3 atom stereocenters. The quantitative estimate of drug-likeness (QED) is 0.834. The Morgan fingerprint density at radius 2 is 1.70 bits per heavy atom. The van der Waals surface area contributed by atoms with Crippen molar-refractivity contribution in [3.05, 3.63) is 29.8 Å². The SMILES string of the molecule is COc1ccc([C@H]2[C@@]3(C#N)C(OC)(OC)N=C(N)[C@]23C#N)cc1. The van der Waals surface area contributed by atoms with Gasteiger partial charge in [-0.2, -0.15) is 10.5 Å². The van der Waals surface area contributed by atoms with Crippen molar-refractivity contribution in [2.24, 2.45) is 21.6 Å². The maximum absolute atomic E-state index is 9.90. The van der Waals surface area contributed by atoms with E-state index in [4.69, 9.17) is 19.9 Å². The number of rotatable bonds is 4. The lowest BCUT2D eigenvalue weighted by molar-refractivity contribution is -0.230. The lowest BCUT2D eigenvalue weighted by atomic mass is 9.93. The summed E-state index contributed by atoms with van der Waals surface area (Å²) in [6.45, 7) is 0. The van der Waals surface area contributed by atoms with Gasteiger partial charge in [0.15, 0.2) is 5.41 Å². The number of fused-ring (bicyclic) bond motifs is 1. The van der Waals surface area contributed by atoms with Crippen LogP contribution in [-0.4, -0.2) is 33.1 Å². The first-order chi connectivity index (χ1) is 11.0. The first-order valence-electron chi connectivity index (χ1n) is 6.96. The number of methoxy groups -OCH3 is 3. The van der Waals surface area contributed by atoms with Crippen LogP contribution in [0.5, 0.6) is 5.75 Å². The third kappa shape index (κ3) is 1.41. The van der Waals surface area contributed by atoms with Crippen LogP contribution in [0.4, 0.5) is 0 Å². The minimum atomic E-state index is -1.59. The molecule has 118 valence electrons. The number of aliphatic imine (C=N–C) groups is 1. The van der Waals surface area contributed by atoms with E-state index in [1.54, 1.807) is 19.2 Å². The fourth-order valence-electron chi connectivity index (χ4n) is 3.82. The lowest BCUT2D eigenvalue weighted by Crippen LogP contribution is -2.41. The molecule has 1 aromatic rings. The van der Waals surface area contributed by atoms with Crippen molar-refractivity contribution in [3.8, 4) is 17.9 Å². The molecule has 0 unspecified atom stereocenters. The second-order valence-corrected chi connectivity index (χ2v) is 5.53. The second-order valence-electron chi connectivity index (χ2n) is 5.53. The van der Waals surface area contributed by atoms with Crippen LogP contribution in [0.1, 0.15) is 11.5 Å². The van der Waals surface area contributed by atoms with Crippen molar-refractivity contribution >= 4 is 5.84 Å². The molecule has 2 N–H and O–H groups in total. The van der Waals surface area contributed by atoms with E-state index in [-0.39, 0.29) is 5.84 Å². The number of hydrogen-bond donors (Lipinski definition) is 1. The Hall–Kier alpha value is -2.61. The summed E-state index contributed by atoms with van der Waals surface area (Å²) in [4.78, 5) is 4.16. The highest BCUT2D eigenvalue weighted by molar-refractivity contribution is 6.00. The number of ether oxygens (including phenoxy) is 3. The summed E-state index contributed by atoms with van der Waals surface area (Å²) in [6, 6.07) is 11.6. The van der Waals surface area contributed by atoms with Gasteiger partial charge < -0.3 is 19.9 Å². The second kappa shape index (κ2) is 4.69. The van der Waals surface area contributed by atoms with Crippen molar-refractivity contribution in [3.63, 3.8) is 0 Å². The van der Waals surface area contributed by atoms with Crippen molar-refractivity contribution < 1.29 is 14.2 Å². The summed E-state index contributed by atoms with van der Waals surface area (Å²) in [6.07, 6.45) is 0. The van der Waals surface area contributed by atoms with Crippen molar-refractivity contribution in [1.82, 2.24) is 0 Å². The van der Waals surface area contributed by atoms with Gasteiger partial charge in [0.25, 0.3) is 5.91 Å². The van der Waals surface area contributed by atoms with Gasteiger partial charge in [-0.1, -0.05) is 12.1 Å². The Morgan fingerprint density at radius 3 is 2.13 bits per heavy atom. The molecule has 1 saturated carbocycles. The summed E-state index contributed by atoms with van der Waals surface area (Å²) in [5, 5.41) is 19.7. The topological polar surface area (TPSA) is 114 Å². The molecule has 3 rings (SSSR count). The van der Waals surface area contributed by atoms with Gasteiger partial charge in [-0.15, -0.1) is 0 Å². The van der Waals surface area contributed by atoms with E-state index in [1.807, 2.05) is 12.1 Å². The van der Waals surface area contributed by atoms with E-state index in [2.05, 4.69) is 17.1 Å². The van der Waals surface area contributed by atoms with E-state index >= 15 is 0 Å². The van der Waals surface area contributed by atoms with Crippen LogP contribution in [-0.2, 0) is 9.47 Å². The van der Waals surface area contributed by atoms with Crippen LogP contribution in [0.2, 0.25) is 0 Å². The Kier molecular flexibility index (Phi) is 3.12. The highest BCUT2D eigenvalue weighted by atomic mass is 16.7. The smallest absolute Gasteiger partial charge is 0.292 e. The molecule has 0 radical (unpaired) electrons. The zero-order valence-electron chi connectivity index (χ0n) is 13.0. The molecule has 1 aliphatic heterocycles. The van der Waals surface area contributed by atoms with Crippen LogP contribution >= 0.6 is 0 Å². The van der Waals surface area contributed by atoms with Gasteiger partial charge in [-0.25, -0.2) is 4.99 Å². The molecule has 1 fully saturated rings. The maximum atomic E-state index is 9.90. The molecule has 0 amide bonds. The molecular formula is C16H16N4O3. The monoisotopic (exact) mass is 312 g/mol. The number of nitrogens with zero attached hydrogens (tertiary/aromatic N) is 3. The fraction of sp³-hybridized carbons (Fsp3) is 0.438. The summed E-state index contributed by atoms with van der Waals surface area (Å²) in [5.41, 5.74) is 4.23. The van der Waals surface area contributed by atoms with Crippen molar-refractivity contribution in [1.29, 1.82) is 10.5 Å². The highest BCUT2D eigenvalue weighted by Crippen LogP contribution is 2.81. The molecule has 7 heteroatoms. The van der Waals surface area contributed by atoms with Gasteiger partial charge in [-0.3, -0.25) is 0 Å². The van der Waals surface area contributed by atoms with Crippen LogP contribution < -0.4 is 10.5 Å². The Bertz CT molecular complexity index is 757. The summed E-state index contributed by atoms with van der Waals surface area (Å²) >= 11 is 0. The third-order valence-electron chi connectivity index (χ3n) is 4.93. The molecule has 1 aliphatic carbocycles. The molecule has 0 saturated heterocycles. The Labute approximate surface area is 133 Å². The predicted molar refractivity (Wildman–Crippen MR) is 80.2 cm³/mol. The molecule has 0 spiro atoms. The number of benzene rings is 1. The summed E-state index contributed by atoms with van der Waals surface area (Å²) in [5.74, 6) is -1.34. The molecular weight excluding hydrogens is 296 g/mol. The zero-order valence-corrected chi connectivity index (χ0v) is 13.0. The minimum Gasteiger partial charge on any atom is -0.497 e. The van der Waals surface area contributed by atoms with Gasteiger partial charge >= 0.3 is 0 Å². The van der Waals surface area contributed by atoms with E-state index in [9.17, 15) is 10.5 Å². The first-order valence-corrected chi connectivity index (χ1v) is 6.96. The number of nitriles is 2. The van der Waals surface area contributed by atoms with Crippen LogP contribution in [0.15, 0.2) is 29.3 Å². The van der Waals surface area contributed by atoms with Crippen molar-refractivity contribution in [2.75, 3.05) is 21.3 Å². The highest BCUT2D eigenvalue weighted by Gasteiger charge is 2.93. The standard InChI is InChI=1S/C16H16N4O3/c1-21-11-6-4-10(5-7-11)12-14(8-17)13(19)20-16(22-2,23-3)15(12,14)9-18/h4-7,12H,1-3H3,(H2,19,20)/t12-,14+,15-/m1/s1. The van der Waals surface area contributed by atoms with Gasteiger partial charge in [0.1, 0.15) is 17.0 Å². The van der Waals surface area contributed by atoms with E-state index in [0.29, 0.717) is 5.75 Å². The third-order valence-corrected chi connectivity index (χ3v) is 4.93. The molecule has 0 aromatic heterocycles. The molecule has 2 aliphatic rings. The minimum absolute atomic E-state index is 0.0612. The zero-order chi connectivity index (χ0) is 16.9. The van der Waals surface area contributed by atoms with E-state index in [0.717, 1.165) is 5.56 Å². The number of amidine groups is 1. The van der Waals surface area contributed by atoms with E-state index < -0.39 is 22.7 Å². The maximum Gasteiger partial charge on any atom is 0.292 e. The average Bonchev–Trinajstić information content (AvgIpc) is 3.17. The Morgan fingerprint density at radius 1 is 1.09 bits per heavy atom. The largest absolute Gasteiger partial charge is 0.497 e. The molecule has 0 bridgehead atoms.